The molecule has 0 bridgehead atoms. The summed E-state index contributed by atoms with van der Waals surface area (Å²) in [6, 6.07) is 0. The quantitative estimate of drug-likeness (QED) is 0.544. The van der Waals surface area contributed by atoms with Gasteiger partial charge in [0.2, 0.25) is 0 Å². The second-order valence-electron chi connectivity index (χ2n) is 6.76. The van der Waals surface area contributed by atoms with Gasteiger partial charge in [-0.15, -0.1) is 0 Å². The van der Waals surface area contributed by atoms with E-state index in [4.69, 9.17) is 0 Å². The molecule has 2 rings (SSSR count). The second kappa shape index (κ2) is 4.70. The van der Waals surface area contributed by atoms with Crippen LogP contribution in [0.5, 0.6) is 0 Å². The predicted molar refractivity (Wildman–Crippen MR) is 74.4 cm³/mol. The van der Waals surface area contributed by atoms with Crippen LogP contribution in [0.2, 0.25) is 19.4 Å². The zero-order chi connectivity index (χ0) is 12.7. The van der Waals surface area contributed by atoms with Crippen molar-refractivity contribution in [1.82, 2.24) is 0 Å². The van der Waals surface area contributed by atoms with Crippen LogP contribution in [0.3, 0.4) is 0 Å². The van der Waals surface area contributed by atoms with Crippen molar-refractivity contribution in [3.63, 3.8) is 0 Å². The van der Waals surface area contributed by atoms with Crippen molar-refractivity contribution in [2.75, 3.05) is 0 Å². The summed E-state index contributed by atoms with van der Waals surface area (Å²) in [6.07, 6.45) is 10.9. The molecule has 0 saturated heterocycles. The molecule has 0 nitrogen and oxygen atoms in total. The van der Waals surface area contributed by atoms with Gasteiger partial charge in [0.15, 0.2) is 0 Å². The summed E-state index contributed by atoms with van der Waals surface area (Å²) < 4.78 is 0.543. The Kier molecular flexibility index (Phi) is 3.77. The van der Waals surface area contributed by atoms with E-state index in [0.29, 0.717) is 3.72 Å². The Morgan fingerprint density at radius 1 is 1.12 bits per heavy atom. The first kappa shape index (κ1) is 13.6. The Morgan fingerprint density at radius 3 is 2.29 bits per heavy atom. The number of rotatable bonds is 3. The zero-order valence-electron chi connectivity index (χ0n) is 12.3. The molecule has 0 aromatic rings. The molecule has 0 radical (unpaired) electrons. The number of allylic oxidation sites excluding steroid dienone is 4. The van der Waals surface area contributed by atoms with Gasteiger partial charge >= 0.3 is 111 Å². The molecule has 2 aliphatic rings. The molecule has 1 atom stereocenters. The molecule has 17 heavy (non-hydrogen) atoms. The van der Waals surface area contributed by atoms with Crippen LogP contribution >= 0.6 is 0 Å². The number of hydrogen-bond acceptors (Lipinski definition) is 0. The van der Waals surface area contributed by atoms with E-state index in [0.717, 1.165) is 0 Å². The van der Waals surface area contributed by atoms with E-state index in [1.54, 1.807) is 11.1 Å². The fraction of sp³-hybridized carbons (Fsp3) is 0.750. The fourth-order valence-corrected chi connectivity index (χ4v) is 8.50. The van der Waals surface area contributed by atoms with Crippen LogP contribution in [0, 0.1) is 0 Å². The van der Waals surface area contributed by atoms with Crippen molar-refractivity contribution in [1.29, 1.82) is 0 Å². The van der Waals surface area contributed by atoms with Crippen LogP contribution in [-0.4, -0.2) is 0 Å². The van der Waals surface area contributed by atoms with Crippen molar-refractivity contribution in [3.05, 3.63) is 22.8 Å². The maximum absolute atomic E-state index is 2.73. The number of hydrogen-bond donors (Lipinski definition) is 0. The van der Waals surface area contributed by atoms with Crippen molar-refractivity contribution in [3.8, 4) is 0 Å². The van der Waals surface area contributed by atoms with Crippen molar-refractivity contribution in [2.24, 2.45) is 0 Å². The van der Waals surface area contributed by atoms with Crippen LogP contribution in [0.1, 0.15) is 52.4 Å². The minimum atomic E-state index is -1.71. The summed E-state index contributed by atoms with van der Waals surface area (Å²) in [5.41, 5.74) is 5.39. The molecule has 0 aromatic heterocycles. The molecule has 2 aliphatic carbocycles. The van der Waals surface area contributed by atoms with E-state index in [9.17, 15) is 0 Å². The van der Waals surface area contributed by atoms with E-state index < -0.39 is 16.6 Å². The van der Waals surface area contributed by atoms with Crippen LogP contribution in [-0.2, 0) is 16.6 Å². The summed E-state index contributed by atoms with van der Waals surface area (Å²) in [5, 5.41) is 7.83. The molecular formula is C16H28Ti. The monoisotopic (exact) mass is 268 g/mol. The van der Waals surface area contributed by atoms with E-state index >= 15 is 0 Å². The molecule has 0 saturated carbocycles. The van der Waals surface area contributed by atoms with E-state index in [-0.39, 0.29) is 0 Å². The summed E-state index contributed by atoms with van der Waals surface area (Å²) in [6.45, 7) is 4.76. The van der Waals surface area contributed by atoms with Gasteiger partial charge in [-0.05, 0) is 0 Å². The van der Waals surface area contributed by atoms with Crippen molar-refractivity contribution in [2.45, 2.75) is 71.8 Å². The predicted octanol–water partition coefficient (Wildman–Crippen LogP) is 6.07. The molecule has 0 spiro atoms. The van der Waals surface area contributed by atoms with Crippen LogP contribution in [0.15, 0.2) is 22.8 Å². The van der Waals surface area contributed by atoms with E-state index in [2.05, 4.69) is 35.6 Å². The summed E-state index contributed by atoms with van der Waals surface area (Å²) >= 11 is -1.71. The molecule has 0 aromatic carbocycles. The van der Waals surface area contributed by atoms with Gasteiger partial charge in [0, 0.05) is 0 Å². The Morgan fingerprint density at radius 2 is 1.76 bits per heavy atom. The second-order valence-corrected chi connectivity index (χ2v) is 15.2. The molecule has 0 amide bonds. The summed E-state index contributed by atoms with van der Waals surface area (Å²) in [5.74, 6) is 0. The van der Waals surface area contributed by atoms with Gasteiger partial charge in [-0.3, -0.25) is 0 Å². The molecule has 0 fully saturated rings. The van der Waals surface area contributed by atoms with Gasteiger partial charge in [-0.25, -0.2) is 0 Å². The molecule has 0 aliphatic heterocycles. The Balaban J connectivity index is 2.54. The third kappa shape index (κ3) is 2.02. The maximum atomic E-state index is 2.73. The SMILES string of the molecule is CCC1=C[C](CC)([Ti]([CH3])([CH3])[CH3])C2=C1CCCC2. The average Bonchev–Trinajstić information content (AvgIpc) is 2.63. The molecular weight excluding hydrogens is 240 g/mol. The molecule has 0 N–H and O–H groups in total. The van der Waals surface area contributed by atoms with Gasteiger partial charge in [0.25, 0.3) is 0 Å². The minimum absolute atomic E-state index is 0.543. The summed E-state index contributed by atoms with van der Waals surface area (Å²) in [4.78, 5) is 0. The van der Waals surface area contributed by atoms with Gasteiger partial charge in [-0.2, -0.15) is 0 Å². The van der Waals surface area contributed by atoms with Crippen molar-refractivity contribution >= 4 is 0 Å². The van der Waals surface area contributed by atoms with Gasteiger partial charge < -0.3 is 0 Å². The van der Waals surface area contributed by atoms with Crippen molar-refractivity contribution < 1.29 is 16.6 Å². The van der Waals surface area contributed by atoms with Gasteiger partial charge in [0.05, 0.1) is 0 Å². The first-order chi connectivity index (χ1) is 7.96. The normalized spacial score (nSPS) is 29.4. The van der Waals surface area contributed by atoms with Crippen LogP contribution in [0.4, 0.5) is 0 Å². The Bertz CT molecular complexity index is 367. The van der Waals surface area contributed by atoms with Crippen LogP contribution < -0.4 is 0 Å². The molecule has 0 heterocycles. The Labute approximate surface area is 111 Å². The third-order valence-corrected chi connectivity index (χ3v) is 10.5. The molecule has 1 heteroatoms. The average molecular weight is 268 g/mol. The first-order valence-corrected chi connectivity index (χ1v) is 12.9. The Hall–Kier alpha value is 0.194. The van der Waals surface area contributed by atoms with E-state index in [1.807, 2.05) is 5.57 Å². The first-order valence-electron chi connectivity index (χ1n) is 7.41. The standard InChI is InChI=1S/C13H19.3CH3.Ti/c1-3-10-9-11(4-2)13-8-6-5-7-12(10)13;;;;/h9H,3-8H2,1-2H3;3*1H3;. The topological polar surface area (TPSA) is 0 Å². The summed E-state index contributed by atoms with van der Waals surface area (Å²) in [7, 11) is 0. The zero-order valence-corrected chi connectivity index (χ0v) is 13.9. The van der Waals surface area contributed by atoms with Gasteiger partial charge in [-0.1, -0.05) is 0 Å². The molecule has 96 valence electrons. The fourth-order valence-electron chi connectivity index (χ4n) is 4.05. The van der Waals surface area contributed by atoms with Gasteiger partial charge in [0.1, 0.15) is 0 Å². The third-order valence-electron chi connectivity index (χ3n) is 5.09. The van der Waals surface area contributed by atoms with Crippen LogP contribution in [0.25, 0.3) is 0 Å². The van der Waals surface area contributed by atoms with E-state index in [1.165, 1.54) is 38.5 Å². The molecule has 1 unspecified atom stereocenters.